The minimum Gasteiger partial charge on any atom is -0.360 e. The maximum atomic E-state index is 14.8. The molecule has 0 bridgehead atoms. The zero-order chi connectivity index (χ0) is 27.4. The average molecular weight is 523 g/mol. The number of carbonyl (C=O) groups excluding carboxylic acids is 2. The lowest BCUT2D eigenvalue weighted by atomic mass is 9.93. The number of hydrogen-bond donors (Lipinski definition) is 3. The molecule has 0 spiro atoms. The normalized spacial score (nSPS) is 13.5. The van der Waals surface area contributed by atoms with Gasteiger partial charge >= 0.3 is 0 Å². The van der Waals surface area contributed by atoms with Crippen molar-refractivity contribution >= 4 is 29.2 Å². The Balaban J connectivity index is 1.57. The third-order valence-electron chi connectivity index (χ3n) is 7.11. The van der Waals surface area contributed by atoms with Crippen molar-refractivity contribution in [1.29, 1.82) is 0 Å². The van der Waals surface area contributed by atoms with Crippen LogP contribution in [0, 0.1) is 5.82 Å². The van der Waals surface area contributed by atoms with Gasteiger partial charge in [0.05, 0.1) is 11.1 Å². The largest absolute Gasteiger partial charge is 0.360 e. The van der Waals surface area contributed by atoms with Gasteiger partial charge in [-0.05, 0) is 42.4 Å². The van der Waals surface area contributed by atoms with E-state index < -0.39 is 0 Å². The van der Waals surface area contributed by atoms with Gasteiger partial charge in [0.15, 0.2) is 0 Å². The Labute approximate surface area is 227 Å². The molecule has 0 aliphatic carbocycles. The van der Waals surface area contributed by atoms with Crippen molar-refractivity contribution in [3.63, 3.8) is 0 Å². The van der Waals surface area contributed by atoms with E-state index in [9.17, 15) is 14.0 Å². The predicted octanol–water partition coefficient (Wildman–Crippen LogP) is 6.05. The summed E-state index contributed by atoms with van der Waals surface area (Å²) in [5, 5.41) is 5.94. The van der Waals surface area contributed by atoms with Crippen LogP contribution in [0.4, 0.5) is 10.1 Å². The molecule has 0 radical (unpaired) electrons. The van der Waals surface area contributed by atoms with Gasteiger partial charge in [0, 0.05) is 47.4 Å². The molecule has 3 N–H and O–H groups in total. The molecule has 5 rings (SSSR count). The van der Waals surface area contributed by atoms with Gasteiger partial charge in [0.2, 0.25) is 0 Å². The molecule has 0 fully saturated rings. The zero-order valence-corrected chi connectivity index (χ0v) is 22.1. The summed E-state index contributed by atoms with van der Waals surface area (Å²) in [6, 6.07) is 21.6. The molecule has 4 aromatic rings. The Morgan fingerprint density at radius 2 is 1.64 bits per heavy atom. The van der Waals surface area contributed by atoms with E-state index in [2.05, 4.69) is 34.4 Å². The summed E-state index contributed by atoms with van der Waals surface area (Å²) < 4.78 is 14.8. The highest BCUT2D eigenvalue weighted by atomic mass is 19.1. The summed E-state index contributed by atoms with van der Waals surface area (Å²) in [5.74, 6) is -0.837. The van der Waals surface area contributed by atoms with Gasteiger partial charge in [0.1, 0.15) is 5.82 Å². The third kappa shape index (κ3) is 5.26. The topological polar surface area (TPSA) is 77.2 Å². The van der Waals surface area contributed by atoms with Gasteiger partial charge in [-0.1, -0.05) is 74.5 Å². The number of H-pyrrole nitrogens is 1. The van der Waals surface area contributed by atoms with Crippen molar-refractivity contribution < 1.29 is 14.0 Å². The summed E-state index contributed by atoms with van der Waals surface area (Å²) in [7, 11) is 0. The van der Waals surface area contributed by atoms with Crippen LogP contribution in [0.1, 0.15) is 35.5 Å². The molecule has 1 aliphatic heterocycles. The fourth-order valence-electron chi connectivity index (χ4n) is 5.05. The van der Waals surface area contributed by atoms with E-state index in [1.807, 2.05) is 36.4 Å². The molecule has 2 heterocycles. The number of fused-ring (bicyclic) bond motifs is 1. The lowest BCUT2D eigenvalue weighted by molar-refractivity contribution is -0.110. The molecule has 6 nitrogen and oxygen atoms in total. The van der Waals surface area contributed by atoms with Crippen LogP contribution in [-0.4, -0.2) is 47.9 Å². The standard InChI is InChI=1S/C32H31FN4O2/c1-3-37(4-2)18-17-34-31(38)25-20-35-28(29(25)21-11-6-5-7-12-21)19-24-30-23(22-13-8-9-15-26(22)33)14-10-16-27(30)36-32(24)39/h5-16,19-20,35H,3-4,17-18H2,1-2H3,(H,34,38)(H,36,39). The van der Waals surface area contributed by atoms with E-state index in [4.69, 9.17) is 0 Å². The second kappa shape index (κ2) is 11.5. The van der Waals surface area contributed by atoms with Gasteiger partial charge in [-0.15, -0.1) is 0 Å². The maximum absolute atomic E-state index is 14.8. The van der Waals surface area contributed by atoms with Crippen LogP contribution in [-0.2, 0) is 4.79 Å². The number of anilines is 1. The first kappa shape index (κ1) is 26.1. The number of aromatic amines is 1. The van der Waals surface area contributed by atoms with E-state index in [1.54, 1.807) is 42.6 Å². The highest BCUT2D eigenvalue weighted by Crippen LogP contribution is 2.42. The number of nitrogens with zero attached hydrogens (tertiary/aromatic N) is 1. The van der Waals surface area contributed by atoms with Crippen molar-refractivity contribution in [3.8, 4) is 22.3 Å². The Morgan fingerprint density at radius 3 is 2.38 bits per heavy atom. The van der Waals surface area contributed by atoms with E-state index in [0.29, 0.717) is 51.3 Å². The highest BCUT2D eigenvalue weighted by Gasteiger charge is 2.29. The van der Waals surface area contributed by atoms with Crippen molar-refractivity contribution in [3.05, 3.63) is 102 Å². The summed E-state index contributed by atoms with van der Waals surface area (Å²) in [6.07, 6.45) is 3.43. The number of nitrogens with one attached hydrogen (secondary N) is 3. The summed E-state index contributed by atoms with van der Waals surface area (Å²) in [5.41, 5.74) is 5.35. The van der Waals surface area contributed by atoms with Gasteiger partial charge in [-0.25, -0.2) is 4.39 Å². The molecule has 7 heteroatoms. The quantitative estimate of drug-likeness (QED) is 0.234. The van der Waals surface area contributed by atoms with Crippen LogP contribution in [0.15, 0.2) is 79.0 Å². The zero-order valence-electron chi connectivity index (χ0n) is 22.1. The highest BCUT2D eigenvalue weighted by molar-refractivity contribution is 6.36. The second-order valence-corrected chi connectivity index (χ2v) is 9.36. The first-order chi connectivity index (χ1) is 19.0. The third-order valence-corrected chi connectivity index (χ3v) is 7.11. The molecule has 0 atom stereocenters. The second-order valence-electron chi connectivity index (χ2n) is 9.36. The minimum atomic E-state index is -0.363. The summed E-state index contributed by atoms with van der Waals surface area (Å²) >= 11 is 0. The average Bonchev–Trinajstić information content (AvgIpc) is 3.52. The van der Waals surface area contributed by atoms with Gasteiger partial charge in [-0.2, -0.15) is 0 Å². The molecular weight excluding hydrogens is 491 g/mol. The predicted molar refractivity (Wildman–Crippen MR) is 155 cm³/mol. The van der Waals surface area contributed by atoms with Crippen molar-refractivity contribution in [1.82, 2.24) is 15.2 Å². The van der Waals surface area contributed by atoms with E-state index >= 15 is 0 Å². The smallest absolute Gasteiger partial charge is 0.256 e. The lowest BCUT2D eigenvalue weighted by Gasteiger charge is -2.18. The Bertz CT molecular complexity index is 1540. The maximum Gasteiger partial charge on any atom is 0.256 e. The number of benzene rings is 3. The fraction of sp³-hybridized carbons (Fsp3) is 0.188. The first-order valence-electron chi connectivity index (χ1n) is 13.2. The van der Waals surface area contributed by atoms with Crippen molar-refractivity contribution in [2.45, 2.75) is 13.8 Å². The fourth-order valence-corrected chi connectivity index (χ4v) is 5.05. The van der Waals surface area contributed by atoms with Gasteiger partial charge in [-0.3, -0.25) is 9.59 Å². The lowest BCUT2D eigenvalue weighted by Crippen LogP contribution is -2.34. The Hall–Kier alpha value is -4.49. The number of rotatable bonds is 9. The molecular formula is C32H31FN4O2. The Kier molecular flexibility index (Phi) is 7.70. The van der Waals surface area contributed by atoms with Crippen LogP contribution >= 0.6 is 0 Å². The van der Waals surface area contributed by atoms with Crippen LogP contribution in [0.2, 0.25) is 0 Å². The molecule has 1 aromatic heterocycles. The SMILES string of the molecule is CCN(CC)CCNC(=O)c1c[nH]c(C=C2C(=O)Nc3cccc(-c4ccccc4F)c32)c1-c1ccccc1. The first-order valence-corrected chi connectivity index (χ1v) is 13.2. The minimum absolute atomic E-state index is 0.190. The summed E-state index contributed by atoms with van der Waals surface area (Å²) in [6.45, 7) is 7.32. The van der Waals surface area contributed by atoms with E-state index in [-0.39, 0.29) is 17.6 Å². The molecule has 0 saturated carbocycles. The van der Waals surface area contributed by atoms with Gasteiger partial charge in [0.25, 0.3) is 11.8 Å². The number of amides is 2. The molecule has 0 saturated heterocycles. The number of aromatic nitrogens is 1. The number of hydrogen-bond acceptors (Lipinski definition) is 3. The number of carbonyl (C=O) groups is 2. The van der Waals surface area contributed by atoms with Gasteiger partial charge < -0.3 is 20.5 Å². The van der Waals surface area contributed by atoms with Crippen molar-refractivity contribution in [2.75, 3.05) is 31.5 Å². The van der Waals surface area contributed by atoms with Crippen LogP contribution in [0.25, 0.3) is 33.9 Å². The molecule has 3 aromatic carbocycles. The van der Waals surface area contributed by atoms with Crippen LogP contribution < -0.4 is 10.6 Å². The molecule has 39 heavy (non-hydrogen) atoms. The number of likely N-dealkylation sites (N-methyl/N-ethyl adjacent to an activating group) is 1. The molecule has 198 valence electrons. The van der Waals surface area contributed by atoms with Crippen LogP contribution in [0.5, 0.6) is 0 Å². The number of halogens is 1. The van der Waals surface area contributed by atoms with Crippen LogP contribution in [0.3, 0.4) is 0 Å². The molecule has 0 unspecified atom stereocenters. The Morgan fingerprint density at radius 1 is 0.923 bits per heavy atom. The van der Waals surface area contributed by atoms with E-state index in [1.165, 1.54) is 6.07 Å². The molecule has 1 aliphatic rings. The van der Waals surface area contributed by atoms with E-state index in [0.717, 1.165) is 25.2 Å². The summed E-state index contributed by atoms with van der Waals surface area (Å²) in [4.78, 5) is 31.9. The monoisotopic (exact) mass is 522 g/mol. The van der Waals surface area contributed by atoms with Crippen molar-refractivity contribution in [2.24, 2.45) is 0 Å². The molecule has 2 amide bonds.